The fourth-order valence-electron chi connectivity index (χ4n) is 4.16. The van der Waals surface area contributed by atoms with Gasteiger partial charge in [0.1, 0.15) is 6.54 Å². The molecular formula is C19H26N4O2. The van der Waals surface area contributed by atoms with Crippen molar-refractivity contribution in [1.29, 1.82) is 0 Å². The van der Waals surface area contributed by atoms with E-state index in [2.05, 4.69) is 16.9 Å². The summed E-state index contributed by atoms with van der Waals surface area (Å²) in [5.41, 5.74) is 1.02. The Balaban J connectivity index is 1.45. The molecule has 0 spiro atoms. The van der Waals surface area contributed by atoms with Crippen LogP contribution in [0.4, 0.5) is 0 Å². The minimum absolute atomic E-state index is 0.170. The standard InChI is InChI=1S/C19H26N4O2/c1-2-15-12-22(13-18(15)21-7-9-25-10-8-21)19(24)14-23-17-6-4-3-5-16(17)11-20-23/h3-6,11,15,18H,2,7-10,12-14H2,1H3/t15-,18+/m1/s1. The van der Waals surface area contributed by atoms with Gasteiger partial charge in [-0.2, -0.15) is 5.10 Å². The van der Waals surface area contributed by atoms with Crippen molar-refractivity contribution >= 4 is 16.8 Å². The Morgan fingerprint density at radius 3 is 2.84 bits per heavy atom. The summed E-state index contributed by atoms with van der Waals surface area (Å²) in [6.07, 6.45) is 2.94. The van der Waals surface area contributed by atoms with Gasteiger partial charge in [-0.05, 0) is 12.0 Å². The summed E-state index contributed by atoms with van der Waals surface area (Å²) >= 11 is 0. The maximum atomic E-state index is 12.9. The van der Waals surface area contributed by atoms with Crippen molar-refractivity contribution in [3.63, 3.8) is 0 Å². The molecule has 0 saturated carbocycles. The van der Waals surface area contributed by atoms with Gasteiger partial charge in [-0.15, -0.1) is 0 Å². The molecule has 1 aromatic heterocycles. The van der Waals surface area contributed by atoms with Crippen LogP contribution in [0.5, 0.6) is 0 Å². The van der Waals surface area contributed by atoms with E-state index in [0.29, 0.717) is 18.5 Å². The number of ether oxygens (including phenoxy) is 1. The molecule has 1 amide bonds. The fourth-order valence-corrected chi connectivity index (χ4v) is 4.16. The number of likely N-dealkylation sites (tertiary alicyclic amines) is 1. The highest BCUT2D eigenvalue weighted by molar-refractivity contribution is 5.82. The third kappa shape index (κ3) is 3.28. The van der Waals surface area contributed by atoms with E-state index in [-0.39, 0.29) is 5.91 Å². The third-order valence-corrected chi connectivity index (χ3v) is 5.63. The summed E-state index contributed by atoms with van der Waals surface area (Å²) < 4.78 is 7.30. The topological polar surface area (TPSA) is 50.6 Å². The number of morpholine rings is 1. The molecule has 2 aliphatic heterocycles. The maximum Gasteiger partial charge on any atom is 0.244 e. The van der Waals surface area contributed by atoms with Gasteiger partial charge in [0.2, 0.25) is 5.91 Å². The van der Waals surface area contributed by atoms with Crippen molar-refractivity contribution in [3.8, 4) is 0 Å². The summed E-state index contributed by atoms with van der Waals surface area (Å²) in [7, 11) is 0. The van der Waals surface area contributed by atoms with Crippen LogP contribution >= 0.6 is 0 Å². The van der Waals surface area contributed by atoms with Crippen molar-refractivity contribution in [2.75, 3.05) is 39.4 Å². The Kier molecular flexibility index (Phi) is 4.72. The SMILES string of the molecule is CC[C@@H]1CN(C(=O)Cn2ncc3ccccc32)C[C@@H]1N1CCOCC1. The van der Waals surface area contributed by atoms with E-state index in [9.17, 15) is 4.79 Å². The normalized spacial score (nSPS) is 24.9. The van der Waals surface area contributed by atoms with E-state index in [4.69, 9.17) is 4.74 Å². The molecule has 2 saturated heterocycles. The Bertz CT molecular complexity index is 738. The number of nitrogens with zero attached hydrogens (tertiary/aromatic N) is 4. The summed E-state index contributed by atoms with van der Waals surface area (Å²) in [6.45, 7) is 7.81. The molecule has 25 heavy (non-hydrogen) atoms. The molecule has 2 aliphatic rings. The number of hydrogen-bond donors (Lipinski definition) is 0. The number of fused-ring (bicyclic) bond motifs is 1. The van der Waals surface area contributed by atoms with Crippen LogP contribution in [0.3, 0.4) is 0 Å². The van der Waals surface area contributed by atoms with Gasteiger partial charge in [-0.3, -0.25) is 14.4 Å². The second-order valence-corrected chi connectivity index (χ2v) is 7.04. The lowest BCUT2D eigenvalue weighted by molar-refractivity contribution is -0.131. The average molecular weight is 342 g/mol. The smallest absolute Gasteiger partial charge is 0.244 e. The molecule has 4 rings (SSSR count). The first kappa shape index (κ1) is 16.5. The predicted octanol–water partition coefficient (Wildman–Crippen LogP) is 1.61. The second-order valence-electron chi connectivity index (χ2n) is 7.04. The van der Waals surface area contributed by atoms with Crippen LogP contribution in [0.25, 0.3) is 10.9 Å². The van der Waals surface area contributed by atoms with Crippen molar-refractivity contribution < 1.29 is 9.53 Å². The molecule has 6 heteroatoms. The van der Waals surface area contributed by atoms with Gasteiger partial charge in [0.25, 0.3) is 0 Å². The zero-order valence-corrected chi connectivity index (χ0v) is 14.8. The molecule has 0 radical (unpaired) electrons. The largest absolute Gasteiger partial charge is 0.379 e. The molecule has 2 aromatic rings. The number of amides is 1. The maximum absolute atomic E-state index is 12.9. The number of aromatic nitrogens is 2. The van der Waals surface area contributed by atoms with Crippen LogP contribution in [-0.2, 0) is 16.1 Å². The zero-order chi connectivity index (χ0) is 17.2. The minimum Gasteiger partial charge on any atom is -0.379 e. The molecule has 0 bridgehead atoms. The minimum atomic E-state index is 0.170. The van der Waals surface area contributed by atoms with Gasteiger partial charge >= 0.3 is 0 Å². The summed E-state index contributed by atoms with van der Waals surface area (Å²) in [6, 6.07) is 8.50. The zero-order valence-electron chi connectivity index (χ0n) is 14.8. The molecule has 134 valence electrons. The molecular weight excluding hydrogens is 316 g/mol. The summed E-state index contributed by atoms with van der Waals surface area (Å²) in [5.74, 6) is 0.722. The third-order valence-electron chi connectivity index (χ3n) is 5.63. The van der Waals surface area contributed by atoms with Crippen LogP contribution < -0.4 is 0 Å². The van der Waals surface area contributed by atoms with Gasteiger partial charge in [0.05, 0.1) is 24.9 Å². The first-order valence-electron chi connectivity index (χ1n) is 9.26. The number of carbonyl (C=O) groups is 1. The highest BCUT2D eigenvalue weighted by Crippen LogP contribution is 2.26. The number of para-hydroxylation sites is 1. The van der Waals surface area contributed by atoms with Crippen LogP contribution in [-0.4, -0.2) is 70.9 Å². The van der Waals surface area contributed by atoms with E-state index in [1.54, 1.807) is 0 Å². The average Bonchev–Trinajstić information content (AvgIpc) is 3.27. The van der Waals surface area contributed by atoms with Crippen LogP contribution in [0.15, 0.2) is 30.5 Å². The van der Waals surface area contributed by atoms with Gasteiger partial charge < -0.3 is 9.64 Å². The summed E-state index contributed by atoms with van der Waals surface area (Å²) in [5, 5.41) is 5.48. The first-order chi connectivity index (χ1) is 12.3. The van der Waals surface area contributed by atoms with Crippen LogP contribution in [0.2, 0.25) is 0 Å². The Morgan fingerprint density at radius 1 is 1.24 bits per heavy atom. The second kappa shape index (κ2) is 7.14. The number of hydrogen-bond acceptors (Lipinski definition) is 4. The van der Waals surface area contributed by atoms with E-state index >= 15 is 0 Å². The van der Waals surface area contributed by atoms with E-state index in [1.165, 1.54) is 0 Å². The molecule has 2 fully saturated rings. The van der Waals surface area contributed by atoms with Crippen molar-refractivity contribution in [2.45, 2.75) is 25.9 Å². The Labute approximate surface area is 148 Å². The number of benzene rings is 1. The van der Waals surface area contributed by atoms with Gasteiger partial charge in [0, 0.05) is 37.6 Å². The highest BCUT2D eigenvalue weighted by Gasteiger charge is 2.38. The highest BCUT2D eigenvalue weighted by atomic mass is 16.5. The Morgan fingerprint density at radius 2 is 2.04 bits per heavy atom. The van der Waals surface area contributed by atoms with Crippen molar-refractivity contribution in [2.24, 2.45) is 5.92 Å². The molecule has 0 aliphatic carbocycles. The number of rotatable bonds is 4. The molecule has 1 aromatic carbocycles. The van der Waals surface area contributed by atoms with Crippen molar-refractivity contribution in [1.82, 2.24) is 19.6 Å². The van der Waals surface area contributed by atoms with Gasteiger partial charge in [0.15, 0.2) is 0 Å². The first-order valence-corrected chi connectivity index (χ1v) is 9.26. The molecule has 0 N–H and O–H groups in total. The summed E-state index contributed by atoms with van der Waals surface area (Å²) in [4.78, 5) is 17.4. The lowest BCUT2D eigenvalue weighted by Crippen LogP contribution is -2.47. The molecule has 3 heterocycles. The molecule has 6 nitrogen and oxygen atoms in total. The molecule has 0 unspecified atom stereocenters. The van der Waals surface area contributed by atoms with E-state index in [0.717, 1.165) is 56.7 Å². The van der Waals surface area contributed by atoms with Crippen LogP contribution in [0.1, 0.15) is 13.3 Å². The monoisotopic (exact) mass is 342 g/mol. The van der Waals surface area contributed by atoms with Crippen molar-refractivity contribution in [3.05, 3.63) is 30.5 Å². The lowest BCUT2D eigenvalue weighted by atomic mass is 9.99. The van der Waals surface area contributed by atoms with Gasteiger partial charge in [-0.1, -0.05) is 31.5 Å². The lowest BCUT2D eigenvalue weighted by Gasteiger charge is -2.34. The number of carbonyl (C=O) groups excluding carboxylic acids is 1. The van der Waals surface area contributed by atoms with E-state index < -0.39 is 0 Å². The van der Waals surface area contributed by atoms with Crippen LogP contribution in [0, 0.1) is 5.92 Å². The Hall–Kier alpha value is -1.92. The van der Waals surface area contributed by atoms with Gasteiger partial charge in [-0.25, -0.2) is 0 Å². The fraction of sp³-hybridized carbons (Fsp3) is 0.579. The molecule has 2 atom stereocenters. The quantitative estimate of drug-likeness (QED) is 0.847. The van der Waals surface area contributed by atoms with E-state index in [1.807, 2.05) is 40.0 Å². The predicted molar refractivity (Wildman–Crippen MR) is 96.3 cm³/mol.